The van der Waals surface area contributed by atoms with Gasteiger partial charge in [-0.2, -0.15) is 0 Å². The van der Waals surface area contributed by atoms with E-state index in [0.717, 1.165) is 31.5 Å². The maximum atomic E-state index is 11.7. The zero-order valence-electron chi connectivity index (χ0n) is 9.98. The van der Waals surface area contributed by atoms with Crippen molar-refractivity contribution in [1.29, 1.82) is 0 Å². The number of hydrogen-bond acceptors (Lipinski definition) is 2. The van der Waals surface area contributed by atoms with Crippen molar-refractivity contribution >= 4 is 5.91 Å². The molecule has 2 aliphatic carbocycles. The van der Waals surface area contributed by atoms with E-state index in [0.29, 0.717) is 11.3 Å². The normalized spacial score (nSPS) is 23.4. The number of nitrogens with one attached hydrogen (secondary N) is 1. The first kappa shape index (κ1) is 10.8. The maximum absolute atomic E-state index is 11.7. The van der Waals surface area contributed by atoms with Crippen LogP contribution in [0.4, 0.5) is 0 Å². The lowest BCUT2D eigenvalue weighted by molar-refractivity contribution is -0.122. The molecule has 1 spiro atoms. The molecule has 0 saturated heterocycles. The van der Waals surface area contributed by atoms with Gasteiger partial charge in [0.15, 0.2) is 0 Å². The summed E-state index contributed by atoms with van der Waals surface area (Å²) in [6.07, 6.45) is 7.42. The SMILES string of the molecule is O=C(NCCCc1ccccn1)C1CC12CC2. The van der Waals surface area contributed by atoms with E-state index >= 15 is 0 Å². The number of aromatic nitrogens is 1. The lowest BCUT2D eigenvalue weighted by Gasteiger charge is -2.04. The van der Waals surface area contributed by atoms with Crippen LogP contribution < -0.4 is 5.32 Å². The van der Waals surface area contributed by atoms with Gasteiger partial charge in [0.2, 0.25) is 5.91 Å². The summed E-state index contributed by atoms with van der Waals surface area (Å²) in [5.74, 6) is 0.626. The zero-order valence-corrected chi connectivity index (χ0v) is 9.98. The predicted molar refractivity (Wildman–Crippen MR) is 65.3 cm³/mol. The molecule has 0 aromatic carbocycles. The third-order valence-electron chi connectivity index (χ3n) is 4.03. The second kappa shape index (κ2) is 4.13. The first-order chi connectivity index (χ1) is 8.30. The van der Waals surface area contributed by atoms with Crippen LogP contribution in [0.15, 0.2) is 24.4 Å². The number of nitrogens with zero attached hydrogens (tertiary/aromatic N) is 1. The van der Waals surface area contributed by atoms with Crippen LogP contribution in [-0.4, -0.2) is 17.4 Å². The minimum atomic E-state index is 0.281. The van der Waals surface area contributed by atoms with Crippen molar-refractivity contribution in [3.63, 3.8) is 0 Å². The Balaban J connectivity index is 1.34. The van der Waals surface area contributed by atoms with Gasteiger partial charge in [0.25, 0.3) is 0 Å². The molecule has 90 valence electrons. The lowest BCUT2D eigenvalue weighted by atomic mass is 10.2. The molecule has 2 saturated carbocycles. The molecule has 17 heavy (non-hydrogen) atoms. The van der Waals surface area contributed by atoms with Gasteiger partial charge in [-0.1, -0.05) is 6.07 Å². The van der Waals surface area contributed by atoms with Crippen LogP contribution in [0.2, 0.25) is 0 Å². The highest BCUT2D eigenvalue weighted by molar-refractivity contribution is 5.83. The van der Waals surface area contributed by atoms with Crippen molar-refractivity contribution in [3.05, 3.63) is 30.1 Å². The molecule has 1 heterocycles. The third-order valence-corrected chi connectivity index (χ3v) is 4.03. The van der Waals surface area contributed by atoms with E-state index in [4.69, 9.17) is 0 Å². The van der Waals surface area contributed by atoms with Crippen molar-refractivity contribution < 1.29 is 4.79 Å². The summed E-state index contributed by atoms with van der Waals surface area (Å²) in [5, 5.41) is 3.04. The molecule has 1 atom stereocenters. The summed E-state index contributed by atoms with van der Waals surface area (Å²) in [7, 11) is 0. The van der Waals surface area contributed by atoms with Gasteiger partial charge in [-0.3, -0.25) is 9.78 Å². The maximum Gasteiger partial charge on any atom is 0.223 e. The van der Waals surface area contributed by atoms with E-state index in [9.17, 15) is 4.79 Å². The fourth-order valence-corrected chi connectivity index (χ4v) is 2.58. The second-order valence-corrected chi connectivity index (χ2v) is 5.33. The minimum Gasteiger partial charge on any atom is -0.356 e. The fourth-order valence-electron chi connectivity index (χ4n) is 2.58. The molecule has 2 aliphatic rings. The van der Waals surface area contributed by atoms with E-state index in [-0.39, 0.29) is 5.91 Å². The molecule has 0 aliphatic heterocycles. The molecule has 1 aromatic heterocycles. The van der Waals surface area contributed by atoms with Gasteiger partial charge in [-0.25, -0.2) is 0 Å². The minimum absolute atomic E-state index is 0.281. The summed E-state index contributed by atoms with van der Waals surface area (Å²) in [5.41, 5.74) is 1.58. The van der Waals surface area contributed by atoms with Crippen molar-refractivity contribution in [3.8, 4) is 0 Å². The molecule has 3 nitrogen and oxygen atoms in total. The largest absolute Gasteiger partial charge is 0.356 e. The topological polar surface area (TPSA) is 42.0 Å². The smallest absolute Gasteiger partial charge is 0.223 e. The van der Waals surface area contributed by atoms with E-state index in [2.05, 4.69) is 10.3 Å². The first-order valence-electron chi connectivity index (χ1n) is 6.48. The van der Waals surface area contributed by atoms with Crippen LogP contribution in [0.5, 0.6) is 0 Å². The molecule has 1 N–H and O–H groups in total. The molecule has 0 bridgehead atoms. The Labute approximate surface area is 102 Å². The average molecular weight is 230 g/mol. The Morgan fingerprint density at radius 2 is 2.35 bits per heavy atom. The number of pyridine rings is 1. The number of carbonyl (C=O) groups excluding carboxylic acids is 1. The average Bonchev–Trinajstić information content (AvgIpc) is 3.27. The van der Waals surface area contributed by atoms with Gasteiger partial charge in [0.1, 0.15) is 0 Å². The van der Waals surface area contributed by atoms with Gasteiger partial charge in [-0.05, 0) is 49.7 Å². The van der Waals surface area contributed by atoms with E-state index < -0.39 is 0 Å². The molecule has 3 heteroatoms. The summed E-state index contributed by atoms with van der Waals surface area (Å²) in [4.78, 5) is 16.0. The number of rotatable bonds is 5. The van der Waals surface area contributed by atoms with Crippen molar-refractivity contribution in [2.45, 2.75) is 32.1 Å². The summed E-state index contributed by atoms with van der Waals surface area (Å²) < 4.78 is 0. The summed E-state index contributed by atoms with van der Waals surface area (Å²) >= 11 is 0. The monoisotopic (exact) mass is 230 g/mol. The Bertz CT molecular complexity index is 411. The molecule has 3 rings (SSSR count). The number of amides is 1. The molecule has 2 fully saturated rings. The second-order valence-electron chi connectivity index (χ2n) is 5.33. The first-order valence-corrected chi connectivity index (χ1v) is 6.48. The molecular formula is C14H18N2O. The van der Waals surface area contributed by atoms with Gasteiger partial charge < -0.3 is 5.32 Å². The van der Waals surface area contributed by atoms with Gasteiger partial charge in [0, 0.05) is 24.4 Å². The third kappa shape index (κ3) is 2.33. The van der Waals surface area contributed by atoms with Crippen LogP contribution in [0, 0.1) is 11.3 Å². The molecule has 0 radical (unpaired) electrons. The number of hydrogen-bond donors (Lipinski definition) is 1. The Morgan fingerprint density at radius 1 is 1.47 bits per heavy atom. The molecule has 1 aromatic rings. The van der Waals surface area contributed by atoms with E-state index in [1.807, 2.05) is 24.4 Å². The van der Waals surface area contributed by atoms with Crippen molar-refractivity contribution in [2.24, 2.45) is 11.3 Å². The molecule has 1 amide bonds. The van der Waals surface area contributed by atoms with Crippen LogP contribution in [0.3, 0.4) is 0 Å². The van der Waals surface area contributed by atoms with Gasteiger partial charge >= 0.3 is 0 Å². The van der Waals surface area contributed by atoms with Crippen LogP contribution >= 0.6 is 0 Å². The Hall–Kier alpha value is -1.38. The highest BCUT2D eigenvalue weighted by Gasteiger charge is 2.65. The van der Waals surface area contributed by atoms with Crippen molar-refractivity contribution in [1.82, 2.24) is 10.3 Å². The van der Waals surface area contributed by atoms with Crippen LogP contribution in [0.1, 0.15) is 31.4 Å². The van der Waals surface area contributed by atoms with Crippen LogP contribution in [-0.2, 0) is 11.2 Å². The summed E-state index contributed by atoms with van der Waals surface area (Å²) in [6, 6.07) is 5.96. The standard InChI is InChI=1S/C14H18N2O/c17-13(12-10-14(12)6-7-14)16-9-3-5-11-4-1-2-8-15-11/h1-2,4,8,12H,3,5-7,9-10H2,(H,16,17). The zero-order chi connectivity index (χ0) is 11.7. The lowest BCUT2D eigenvalue weighted by Crippen LogP contribution is -2.27. The van der Waals surface area contributed by atoms with E-state index in [1.54, 1.807) is 0 Å². The molecule has 1 unspecified atom stereocenters. The van der Waals surface area contributed by atoms with Gasteiger partial charge in [0.05, 0.1) is 0 Å². The highest BCUT2D eigenvalue weighted by Crippen LogP contribution is 2.70. The Kier molecular flexibility index (Phi) is 2.61. The highest BCUT2D eigenvalue weighted by atomic mass is 16.2. The summed E-state index contributed by atoms with van der Waals surface area (Å²) in [6.45, 7) is 0.780. The fraction of sp³-hybridized carbons (Fsp3) is 0.571. The Morgan fingerprint density at radius 3 is 3.00 bits per heavy atom. The number of aryl methyl sites for hydroxylation is 1. The molecular weight excluding hydrogens is 212 g/mol. The van der Waals surface area contributed by atoms with E-state index in [1.165, 1.54) is 12.8 Å². The van der Waals surface area contributed by atoms with Gasteiger partial charge in [-0.15, -0.1) is 0 Å². The van der Waals surface area contributed by atoms with Crippen molar-refractivity contribution in [2.75, 3.05) is 6.54 Å². The quantitative estimate of drug-likeness (QED) is 0.785. The van der Waals surface area contributed by atoms with Crippen LogP contribution in [0.25, 0.3) is 0 Å². The number of carbonyl (C=O) groups is 1. The predicted octanol–water partition coefficient (Wildman–Crippen LogP) is 1.93.